The molecule has 1 aliphatic rings. The number of imidazole rings is 1. The zero-order chi connectivity index (χ0) is 24.9. The van der Waals surface area contributed by atoms with Crippen LogP contribution in [0.3, 0.4) is 0 Å². The highest BCUT2D eigenvalue weighted by molar-refractivity contribution is 6.31. The normalized spacial score (nSPS) is 14.7. The molecule has 2 amide bonds. The van der Waals surface area contributed by atoms with Crippen LogP contribution in [0.2, 0.25) is 5.02 Å². The Labute approximate surface area is 213 Å². The first kappa shape index (κ1) is 24.0. The van der Waals surface area contributed by atoms with E-state index in [-0.39, 0.29) is 25.0 Å². The molecule has 8 nitrogen and oxygen atoms in total. The van der Waals surface area contributed by atoms with Gasteiger partial charge in [0.1, 0.15) is 18.5 Å². The highest BCUT2D eigenvalue weighted by Gasteiger charge is 2.22. The first-order valence-electron chi connectivity index (χ1n) is 11.6. The van der Waals surface area contributed by atoms with Crippen molar-refractivity contribution in [1.82, 2.24) is 15.3 Å². The molecule has 4 aromatic rings. The lowest BCUT2D eigenvalue weighted by atomic mass is 10.1. The van der Waals surface area contributed by atoms with Crippen LogP contribution in [0.25, 0.3) is 11.0 Å². The van der Waals surface area contributed by atoms with E-state index < -0.39 is 6.04 Å². The highest BCUT2D eigenvalue weighted by Crippen LogP contribution is 2.22. The zero-order valence-electron chi connectivity index (χ0n) is 19.4. The van der Waals surface area contributed by atoms with Crippen LogP contribution in [0, 0.1) is 0 Å². The number of morpholine rings is 1. The Hall–Kier alpha value is -3.72. The van der Waals surface area contributed by atoms with Crippen LogP contribution < -0.4 is 10.2 Å². The minimum Gasteiger partial charge on any atom is -0.374 e. The number of carbonyl (C=O) groups excluding carboxylic acids is 2. The summed E-state index contributed by atoms with van der Waals surface area (Å²) in [7, 11) is 0. The van der Waals surface area contributed by atoms with Crippen LogP contribution in [0.5, 0.6) is 0 Å². The number of benzene rings is 3. The van der Waals surface area contributed by atoms with E-state index in [0.717, 1.165) is 22.3 Å². The fourth-order valence-electron chi connectivity index (χ4n) is 4.05. The summed E-state index contributed by atoms with van der Waals surface area (Å²) in [6, 6.07) is 21.6. The minimum absolute atomic E-state index is 0.0651. The molecular weight excluding hydrogens is 480 g/mol. The Morgan fingerprint density at radius 1 is 1.14 bits per heavy atom. The fourth-order valence-corrected chi connectivity index (χ4v) is 4.22. The number of fused-ring (bicyclic) bond motifs is 1. The summed E-state index contributed by atoms with van der Waals surface area (Å²) < 4.78 is 11.1. The van der Waals surface area contributed by atoms with Crippen LogP contribution in [0.1, 0.15) is 27.8 Å². The molecule has 0 saturated carbocycles. The van der Waals surface area contributed by atoms with Crippen molar-refractivity contribution in [1.29, 1.82) is 0 Å². The number of amides is 2. The minimum atomic E-state index is -0.520. The lowest BCUT2D eigenvalue weighted by Gasteiger charge is -2.27. The summed E-state index contributed by atoms with van der Waals surface area (Å²) in [6.07, 6.45) is 0. The monoisotopic (exact) mass is 504 g/mol. The van der Waals surface area contributed by atoms with Crippen LogP contribution in [-0.4, -0.2) is 48.1 Å². The number of aromatic amines is 1. The molecule has 9 heteroatoms. The number of rotatable bonds is 8. The number of ether oxygens (including phenoxy) is 2. The Bertz CT molecular complexity index is 1360. The molecule has 1 aliphatic heterocycles. The molecule has 2 N–H and O–H groups in total. The highest BCUT2D eigenvalue weighted by atomic mass is 35.5. The summed E-state index contributed by atoms with van der Waals surface area (Å²) in [5, 5.41) is 3.62. The molecule has 3 aromatic carbocycles. The van der Waals surface area contributed by atoms with Crippen molar-refractivity contribution in [2.45, 2.75) is 12.6 Å². The van der Waals surface area contributed by atoms with Crippen molar-refractivity contribution in [2.75, 3.05) is 31.3 Å². The molecule has 0 bridgehead atoms. The Kier molecular flexibility index (Phi) is 7.27. The van der Waals surface area contributed by atoms with Gasteiger partial charge in [-0.15, -0.1) is 0 Å². The summed E-state index contributed by atoms with van der Waals surface area (Å²) >= 11 is 6.13. The quantitative estimate of drug-likeness (QED) is 0.373. The second-order valence-corrected chi connectivity index (χ2v) is 8.89. The van der Waals surface area contributed by atoms with Gasteiger partial charge in [0.25, 0.3) is 11.8 Å². The standard InChI is InChI=1S/C27H25ClN4O4/c28-20-8-11-22-23(14-20)30-26(29-22)24(16-36-15-18-4-2-1-3-5-18)31-27(34)19-6-9-21(10-7-19)32-12-13-35-17-25(32)33/h1-11,14,24H,12-13,15-17H2,(H,29,30)(H,31,34)/t24-/m0/s1. The molecule has 1 aromatic heterocycles. The SMILES string of the molecule is O=C(N[C@@H](COCc1ccccc1)c1nc2ccc(Cl)cc2[nH]1)c1ccc(N2CCOCC2=O)cc1. The van der Waals surface area contributed by atoms with E-state index in [2.05, 4.69) is 15.3 Å². The number of nitrogens with one attached hydrogen (secondary N) is 2. The Balaban J connectivity index is 1.32. The molecular formula is C27H25ClN4O4. The maximum atomic E-state index is 13.2. The van der Waals surface area contributed by atoms with Gasteiger partial charge >= 0.3 is 0 Å². The van der Waals surface area contributed by atoms with Gasteiger partial charge in [0.05, 0.1) is 30.9 Å². The summed E-state index contributed by atoms with van der Waals surface area (Å²) in [5.41, 5.74) is 3.76. The first-order chi connectivity index (χ1) is 17.6. The molecule has 1 saturated heterocycles. The van der Waals surface area contributed by atoms with Crippen molar-refractivity contribution in [2.24, 2.45) is 0 Å². The molecule has 1 atom stereocenters. The van der Waals surface area contributed by atoms with Gasteiger partial charge in [-0.3, -0.25) is 9.59 Å². The number of nitrogens with zero attached hydrogens (tertiary/aromatic N) is 2. The lowest BCUT2D eigenvalue weighted by Crippen LogP contribution is -2.41. The molecule has 5 rings (SSSR count). The van der Waals surface area contributed by atoms with E-state index in [4.69, 9.17) is 21.1 Å². The third kappa shape index (κ3) is 5.57. The average molecular weight is 505 g/mol. The predicted molar refractivity (Wildman–Crippen MR) is 137 cm³/mol. The second-order valence-electron chi connectivity index (χ2n) is 8.46. The molecule has 184 valence electrons. The van der Waals surface area contributed by atoms with Gasteiger partial charge in [0.2, 0.25) is 0 Å². The number of carbonyl (C=O) groups is 2. The predicted octanol–water partition coefficient (Wildman–Crippen LogP) is 4.27. The zero-order valence-corrected chi connectivity index (χ0v) is 20.2. The van der Waals surface area contributed by atoms with E-state index in [9.17, 15) is 9.59 Å². The van der Waals surface area contributed by atoms with E-state index in [1.54, 1.807) is 41.3 Å². The number of aromatic nitrogens is 2. The van der Waals surface area contributed by atoms with Gasteiger partial charge in [0.15, 0.2) is 0 Å². The Morgan fingerprint density at radius 2 is 1.94 bits per heavy atom. The fraction of sp³-hybridized carbons (Fsp3) is 0.222. The number of H-pyrrole nitrogens is 1. The van der Waals surface area contributed by atoms with E-state index in [1.807, 2.05) is 36.4 Å². The second kappa shape index (κ2) is 10.9. The van der Waals surface area contributed by atoms with Crippen molar-refractivity contribution in [3.8, 4) is 0 Å². The topological polar surface area (TPSA) is 96.5 Å². The largest absolute Gasteiger partial charge is 0.374 e. The first-order valence-corrected chi connectivity index (χ1v) is 12.0. The van der Waals surface area contributed by atoms with Crippen molar-refractivity contribution in [3.63, 3.8) is 0 Å². The molecule has 0 unspecified atom stereocenters. The Morgan fingerprint density at radius 3 is 2.72 bits per heavy atom. The number of halogens is 1. The molecule has 36 heavy (non-hydrogen) atoms. The molecule has 0 radical (unpaired) electrons. The van der Waals surface area contributed by atoms with Crippen molar-refractivity contribution >= 4 is 40.1 Å². The maximum Gasteiger partial charge on any atom is 0.253 e. The summed E-state index contributed by atoms with van der Waals surface area (Å²) in [4.78, 5) is 34.8. The van der Waals surface area contributed by atoms with Crippen LogP contribution in [-0.2, 0) is 20.9 Å². The number of hydrogen-bond acceptors (Lipinski definition) is 5. The van der Waals surface area contributed by atoms with Crippen LogP contribution in [0.15, 0.2) is 72.8 Å². The lowest BCUT2D eigenvalue weighted by molar-refractivity contribution is -0.125. The van der Waals surface area contributed by atoms with Crippen molar-refractivity contribution < 1.29 is 19.1 Å². The van der Waals surface area contributed by atoms with Gasteiger partial charge in [-0.05, 0) is 48.0 Å². The van der Waals surface area contributed by atoms with Gasteiger partial charge < -0.3 is 24.7 Å². The average Bonchev–Trinajstić information content (AvgIpc) is 3.32. The van der Waals surface area contributed by atoms with Crippen LogP contribution in [0.4, 0.5) is 5.69 Å². The number of anilines is 1. The van der Waals surface area contributed by atoms with Crippen LogP contribution >= 0.6 is 11.6 Å². The summed E-state index contributed by atoms with van der Waals surface area (Å²) in [6.45, 7) is 1.66. The number of hydrogen-bond donors (Lipinski definition) is 2. The third-order valence-corrected chi connectivity index (χ3v) is 6.16. The van der Waals surface area contributed by atoms with Gasteiger partial charge in [-0.25, -0.2) is 4.98 Å². The van der Waals surface area contributed by atoms with E-state index >= 15 is 0 Å². The molecule has 1 fully saturated rings. The van der Waals surface area contributed by atoms with Crippen molar-refractivity contribution in [3.05, 3.63) is 94.8 Å². The van der Waals surface area contributed by atoms with Gasteiger partial charge in [0, 0.05) is 22.8 Å². The molecule has 0 spiro atoms. The van der Waals surface area contributed by atoms with Gasteiger partial charge in [-0.2, -0.15) is 0 Å². The van der Waals surface area contributed by atoms with Gasteiger partial charge in [-0.1, -0.05) is 41.9 Å². The maximum absolute atomic E-state index is 13.2. The summed E-state index contributed by atoms with van der Waals surface area (Å²) in [5.74, 6) is 0.199. The smallest absolute Gasteiger partial charge is 0.253 e. The van der Waals surface area contributed by atoms with E-state index in [0.29, 0.717) is 36.2 Å². The molecule has 0 aliphatic carbocycles. The third-order valence-electron chi connectivity index (χ3n) is 5.92. The van der Waals surface area contributed by atoms with E-state index in [1.165, 1.54) is 0 Å². The molecule has 2 heterocycles.